The fraction of sp³-hybridized carbons (Fsp3) is 0.222. The third-order valence-electron chi connectivity index (χ3n) is 1.09. The summed E-state index contributed by atoms with van der Waals surface area (Å²) < 4.78 is 17.1. The summed E-state index contributed by atoms with van der Waals surface area (Å²) in [6, 6.07) is 0. The molecule has 0 heterocycles. The molecule has 0 aromatic heterocycles. The van der Waals surface area contributed by atoms with Crippen LogP contribution in [0.1, 0.15) is 0 Å². The SMILES string of the molecule is C=CC(=O)OCOC(=O)OCOC(=O)C=C. The Morgan fingerprint density at radius 3 is 1.50 bits per heavy atom. The van der Waals surface area contributed by atoms with Crippen LogP contribution in [-0.2, 0) is 28.5 Å². The Labute approximate surface area is 91.2 Å². The second-order valence-electron chi connectivity index (χ2n) is 2.11. The Balaban J connectivity index is 3.52. The van der Waals surface area contributed by atoms with E-state index >= 15 is 0 Å². The zero-order valence-corrected chi connectivity index (χ0v) is 8.34. The molecule has 0 atom stereocenters. The topological polar surface area (TPSA) is 88.1 Å². The van der Waals surface area contributed by atoms with E-state index in [1.807, 2.05) is 0 Å². The van der Waals surface area contributed by atoms with Crippen molar-refractivity contribution in [2.45, 2.75) is 0 Å². The summed E-state index contributed by atoms with van der Waals surface area (Å²) in [5.41, 5.74) is 0. The van der Waals surface area contributed by atoms with Crippen LogP contribution < -0.4 is 0 Å². The zero-order chi connectivity index (χ0) is 12.4. The van der Waals surface area contributed by atoms with Gasteiger partial charge in [-0.05, 0) is 0 Å². The molecular formula is C9H10O7. The minimum Gasteiger partial charge on any atom is -0.425 e. The fourth-order valence-electron chi connectivity index (χ4n) is 0.431. The smallest absolute Gasteiger partial charge is 0.425 e. The van der Waals surface area contributed by atoms with E-state index in [-0.39, 0.29) is 0 Å². The van der Waals surface area contributed by atoms with Crippen LogP contribution in [-0.4, -0.2) is 31.7 Å². The van der Waals surface area contributed by atoms with Crippen molar-refractivity contribution in [1.82, 2.24) is 0 Å². The maximum atomic E-state index is 10.7. The minimum atomic E-state index is -1.14. The highest BCUT2D eigenvalue weighted by Gasteiger charge is 2.05. The lowest BCUT2D eigenvalue weighted by Gasteiger charge is -2.05. The van der Waals surface area contributed by atoms with Gasteiger partial charge < -0.3 is 18.9 Å². The molecule has 0 saturated carbocycles. The maximum absolute atomic E-state index is 10.7. The number of ether oxygens (including phenoxy) is 4. The Morgan fingerprint density at radius 1 is 0.812 bits per heavy atom. The van der Waals surface area contributed by atoms with Gasteiger partial charge in [-0.25, -0.2) is 14.4 Å². The van der Waals surface area contributed by atoms with Gasteiger partial charge in [0.05, 0.1) is 0 Å². The van der Waals surface area contributed by atoms with E-state index in [0.717, 1.165) is 12.2 Å². The van der Waals surface area contributed by atoms with E-state index < -0.39 is 31.7 Å². The Hall–Kier alpha value is -2.31. The van der Waals surface area contributed by atoms with Crippen molar-refractivity contribution in [3.8, 4) is 0 Å². The fourth-order valence-corrected chi connectivity index (χ4v) is 0.431. The summed E-state index contributed by atoms with van der Waals surface area (Å²) in [7, 11) is 0. The molecule has 0 aromatic carbocycles. The molecule has 7 nitrogen and oxygen atoms in total. The highest BCUT2D eigenvalue weighted by atomic mass is 16.8. The molecule has 0 aromatic rings. The minimum absolute atomic E-state index is 0.612. The molecule has 16 heavy (non-hydrogen) atoms. The first kappa shape index (κ1) is 13.7. The largest absolute Gasteiger partial charge is 0.514 e. The molecular weight excluding hydrogens is 220 g/mol. The van der Waals surface area contributed by atoms with Crippen molar-refractivity contribution in [3.63, 3.8) is 0 Å². The molecule has 7 heteroatoms. The van der Waals surface area contributed by atoms with E-state index in [4.69, 9.17) is 0 Å². The van der Waals surface area contributed by atoms with Crippen molar-refractivity contribution >= 4 is 18.1 Å². The van der Waals surface area contributed by atoms with E-state index in [2.05, 4.69) is 32.1 Å². The molecule has 0 fully saturated rings. The highest BCUT2D eigenvalue weighted by Crippen LogP contribution is 1.89. The lowest BCUT2D eigenvalue weighted by atomic mass is 10.7. The number of esters is 2. The number of hydrogen-bond donors (Lipinski definition) is 0. The summed E-state index contributed by atoms with van der Waals surface area (Å²) in [4.78, 5) is 31.7. The van der Waals surface area contributed by atoms with Gasteiger partial charge in [0.2, 0.25) is 13.6 Å². The Morgan fingerprint density at radius 2 is 1.19 bits per heavy atom. The zero-order valence-electron chi connectivity index (χ0n) is 8.34. The van der Waals surface area contributed by atoms with Gasteiger partial charge in [-0.3, -0.25) is 0 Å². The first-order valence-electron chi connectivity index (χ1n) is 3.98. The molecule has 0 aliphatic heterocycles. The Kier molecular flexibility index (Phi) is 6.88. The predicted octanol–water partition coefficient (Wildman–Crippen LogP) is 0.513. The summed E-state index contributed by atoms with van der Waals surface area (Å²) in [5, 5.41) is 0. The first-order chi connectivity index (χ1) is 7.60. The summed E-state index contributed by atoms with van der Waals surface area (Å²) in [6.45, 7) is 5.02. The normalized spacial score (nSPS) is 8.50. The van der Waals surface area contributed by atoms with Crippen molar-refractivity contribution in [2.24, 2.45) is 0 Å². The molecule has 0 amide bonds. The molecule has 0 spiro atoms. The molecule has 0 aliphatic rings. The van der Waals surface area contributed by atoms with Gasteiger partial charge in [-0.1, -0.05) is 13.2 Å². The average Bonchev–Trinajstić information content (AvgIpc) is 2.28. The van der Waals surface area contributed by atoms with Crippen molar-refractivity contribution in [3.05, 3.63) is 25.3 Å². The van der Waals surface area contributed by atoms with Crippen LogP contribution in [0.5, 0.6) is 0 Å². The molecule has 0 rings (SSSR count). The second-order valence-corrected chi connectivity index (χ2v) is 2.11. The molecule has 0 unspecified atom stereocenters. The van der Waals surface area contributed by atoms with E-state index in [9.17, 15) is 14.4 Å². The van der Waals surface area contributed by atoms with Gasteiger partial charge >= 0.3 is 18.1 Å². The summed E-state index contributed by atoms with van der Waals surface area (Å²) >= 11 is 0. The molecule has 88 valence electrons. The summed E-state index contributed by atoms with van der Waals surface area (Å²) in [5.74, 6) is -1.49. The van der Waals surface area contributed by atoms with Crippen LogP contribution in [0.2, 0.25) is 0 Å². The third kappa shape index (κ3) is 7.13. The van der Waals surface area contributed by atoms with Crippen LogP contribution in [0.15, 0.2) is 25.3 Å². The molecule has 0 saturated heterocycles. The number of hydrogen-bond acceptors (Lipinski definition) is 7. The van der Waals surface area contributed by atoms with Crippen LogP contribution >= 0.6 is 0 Å². The predicted molar refractivity (Wildman–Crippen MR) is 49.9 cm³/mol. The van der Waals surface area contributed by atoms with E-state index in [1.54, 1.807) is 0 Å². The van der Waals surface area contributed by atoms with Crippen molar-refractivity contribution < 1.29 is 33.3 Å². The van der Waals surface area contributed by atoms with Gasteiger partial charge in [-0.2, -0.15) is 0 Å². The lowest BCUT2D eigenvalue weighted by molar-refractivity contribution is -0.152. The Bertz CT molecular complexity index is 266. The summed E-state index contributed by atoms with van der Waals surface area (Å²) in [6.07, 6.45) is 0.662. The lowest BCUT2D eigenvalue weighted by Crippen LogP contribution is -2.15. The van der Waals surface area contributed by atoms with Gasteiger partial charge in [-0.15, -0.1) is 0 Å². The van der Waals surface area contributed by atoms with Gasteiger partial charge in [0.15, 0.2) is 0 Å². The maximum Gasteiger partial charge on any atom is 0.514 e. The molecule has 0 aliphatic carbocycles. The molecule has 0 bridgehead atoms. The quantitative estimate of drug-likeness (QED) is 0.373. The van der Waals surface area contributed by atoms with Gasteiger partial charge in [0.25, 0.3) is 0 Å². The van der Waals surface area contributed by atoms with Crippen LogP contribution in [0.4, 0.5) is 4.79 Å². The average molecular weight is 230 g/mol. The van der Waals surface area contributed by atoms with E-state index in [1.165, 1.54) is 0 Å². The highest BCUT2D eigenvalue weighted by molar-refractivity contribution is 5.81. The number of rotatable bonds is 6. The monoisotopic (exact) mass is 230 g/mol. The molecule has 0 N–H and O–H groups in total. The van der Waals surface area contributed by atoms with Gasteiger partial charge in [0, 0.05) is 12.2 Å². The second kappa shape index (κ2) is 8.04. The standard InChI is InChI=1S/C9H10O7/c1-3-7(10)13-5-15-9(12)16-6-14-8(11)4-2/h3-4H,1-2,5-6H2. The van der Waals surface area contributed by atoms with Crippen LogP contribution in [0.25, 0.3) is 0 Å². The molecule has 0 radical (unpaired) electrons. The van der Waals surface area contributed by atoms with Crippen molar-refractivity contribution in [1.29, 1.82) is 0 Å². The third-order valence-corrected chi connectivity index (χ3v) is 1.09. The van der Waals surface area contributed by atoms with Gasteiger partial charge in [0.1, 0.15) is 0 Å². The van der Waals surface area contributed by atoms with Crippen LogP contribution in [0.3, 0.4) is 0 Å². The first-order valence-corrected chi connectivity index (χ1v) is 3.98. The van der Waals surface area contributed by atoms with Crippen LogP contribution in [0, 0.1) is 0 Å². The van der Waals surface area contributed by atoms with Crippen molar-refractivity contribution in [2.75, 3.05) is 13.6 Å². The number of carbonyl (C=O) groups is 3. The van der Waals surface area contributed by atoms with E-state index in [0.29, 0.717) is 0 Å². The number of carbonyl (C=O) groups excluding carboxylic acids is 3.